The van der Waals surface area contributed by atoms with Gasteiger partial charge in [0, 0.05) is 0 Å². The van der Waals surface area contributed by atoms with Crippen molar-refractivity contribution in [3.05, 3.63) is 0 Å². The van der Waals surface area contributed by atoms with E-state index in [0.717, 1.165) is 38.5 Å². The van der Waals surface area contributed by atoms with Gasteiger partial charge >= 0.3 is 0 Å². The number of aliphatic hydroxyl groups excluding tert-OH is 1. The lowest BCUT2D eigenvalue weighted by molar-refractivity contribution is -0.128. The Balaban J connectivity index is 1.89. The second kappa shape index (κ2) is 6.19. The Morgan fingerprint density at radius 3 is 2.44 bits per heavy atom. The van der Waals surface area contributed by atoms with Crippen LogP contribution in [0.15, 0.2) is 0 Å². The molecule has 0 aromatic heterocycles. The minimum atomic E-state index is -0.518. The maximum Gasteiger partial charge on any atom is 0.226 e. The summed E-state index contributed by atoms with van der Waals surface area (Å²) in [7, 11) is 0. The predicted octanol–water partition coefficient (Wildman–Crippen LogP) is 1.74. The average Bonchev–Trinajstić information content (AvgIpc) is 2.83. The molecule has 2 rings (SSSR count). The Labute approximate surface area is 108 Å². The highest BCUT2D eigenvalue weighted by atomic mass is 16.3. The van der Waals surface area contributed by atoms with Crippen molar-refractivity contribution in [3.8, 4) is 6.07 Å². The number of nitrogens with one attached hydrogen (secondary N) is 1. The molecule has 2 saturated carbocycles. The molecule has 1 amide bonds. The van der Waals surface area contributed by atoms with Gasteiger partial charge in [-0.05, 0) is 38.0 Å². The summed E-state index contributed by atoms with van der Waals surface area (Å²) < 4.78 is 0. The van der Waals surface area contributed by atoms with Crippen LogP contribution >= 0.6 is 0 Å². The fourth-order valence-electron chi connectivity index (χ4n) is 3.23. The van der Waals surface area contributed by atoms with Crippen LogP contribution < -0.4 is 5.32 Å². The summed E-state index contributed by atoms with van der Waals surface area (Å²) >= 11 is 0. The molecule has 2 aliphatic rings. The summed E-state index contributed by atoms with van der Waals surface area (Å²) in [4.78, 5) is 12.0. The number of carbonyl (C=O) groups excluding carboxylic acids is 1. The molecule has 4 nitrogen and oxygen atoms in total. The lowest BCUT2D eigenvalue weighted by Gasteiger charge is -2.27. The zero-order chi connectivity index (χ0) is 13.0. The van der Waals surface area contributed by atoms with Crippen LogP contribution in [0.2, 0.25) is 0 Å². The van der Waals surface area contributed by atoms with Crippen LogP contribution in [0.1, 0.15) is 51.4 Å². The van der Waals surface area contributed by atoms with Gasteiger partial charge in [-0.2, -0.15) is 5.26 Å². The number of nitriles is 1. The zero-order valence-electron chi connectivity index (χ0n) is 10.8. The predicted molar refractivity (Wildman–Crippen MR) is 67.5 cm³/mol. The highest BCUT2D eigenvalue weighted by Crippen LogP contribution is 2.28. The Morgan fingerprint density at radius 1 is 1.17 bits per heavy atom. The van der Waals surface area contributed by atoms with Crippen LogP contribution in [0.25, 0.3) is 0 Å². The maximum absolute atomic E-state index is 12.0. The summed E-state index contributed by atoms with van der Waals surface area (Å²) in [6.07, 6.45) is 7.46. The third kappa shape index (κ3) is 3.02. The fourth-order valence-corrected chi connectivity index (χ4v) is 3.23. The molecule has 0 heterocycles. The lowest BCUT2D eigenvalue weighted by Crippen LogP contribution is -2.44. The molecule has 0 aliphatic heterocycles. The van der Waals surface area contributed by atoms with Crippen LogP contribution in [0.3, 0.4) is 0 Å². The van der Waals surface area contributed by atoms with Crippen molar-refractivity contribution >= 4 is 5.91 Å². The van der Waals surface area contributed by atoms with Gasteiger partial charge in [0.25, 0.3) is 0 Å². The van der Waals surface area contributed by atoms with Gasteiger partial charge in [-0.1, -0.05) is 19.3 Å². The maximum atomic E-state index is 12.0. The van der Waals surface area contributed by atoms with Crippen molar-refractivity contribution in [1.82, 2.24) is 5.32 Å². The Kier molecular flexibility index (Phi) is 4.60. The topological polar surface area (TPSA) is 73.1 Å². The first-order valence-electron chi connectivity index (χ1n) is 7.10. The molecule has 100 valence electrons. The normalized spacial score (nSPS) is 30.7. The highest BCUT2D eigenvalue weighted by Gasteiger charge is 2.34. The molecule has 0 bridgehead atoms. The minimum absolute atomic E-state index is 0.128. The molecule has 3 unspecified atom stereocenters. The quantitative estimate of drug-likeness (QED) is 0.801. The molecule has 0 aromatic rings. The van der Waals surface area contributed by atoms with Gasteiger partial charge in [-0.25, -0.2) is 0 Å². The lowest BCUT2D eigenvalue weighted by atomic mass is 9.84. The Hall–Kier alpha value is -1.08. The molecule has 3 atom stereocenters. The van der Waals surface area contributed by atoms with Gasteiger partial charge in [0.15, 0.2) is 0 Å². The van der Waals surface area contributed by atoms with E-state index >= 15 is 0 Å². The number of aliphatic hydroxyl groups is 1. The monoisotopic (exact) mass is 250 g/mol. The Morgan fingerprint density at radius 2 is 1.89 bits per heavy atom. The van der Waals surface area contributed by atoms with Crippen LogP contribution in [-0.2, 0) is 4.79 Å². The SMILES string of the molecule is N#CC(NC(=O)C1CCCC1O)C1CCCCC1. The largest absolute Gasteiger partial charge is 0.392 e. The van der Waals surface area contributed by atoms with E-state index in [2.05, 4.69) is 11.4 Å². The first-order chi connectivity index (χ1) is 8.72. The number of amides is 1. The van der Waals surface area contributed by atoms with E-state index < -0.39 is 6.10 Å². The second-order valence-electron chi connectivity index (χ2n) is 5.62. The van der Waals surface area contributed by atoms with E-state index in [4.69, 9.17) is 0 Å². The summed E-state index contributed by atoms with van der Waals surface area (Å²) in [6.45, 7) is 0. The van der Waals surface area contributed by atoms with Crippen LogP contribution in [-0.4, -0.2) is 23.2 Å². The van der Waals surface area contributed by atoms with Crippen molar-refractivity contribution in [1.29, 1.82) is 5.26 Å². The van der Waals surface area contributed by atoms with Gasteiger partial charge in [-0.15, -0.1) is 0 Å². The van der Waals surface area contributed by atoms with Crippen LogP contribution in [0.5, 0.6) is 0 Å². The molecular formula is C14H22N2O2. The van der Waals surface area contributed by atoms with Gasteiger partial charge in [-0.3, -0.25) is 4.79 Å². The number of hydrogen-bond acceptors (Lipinski definition) is 3. The standard InChI is InChI=1S/C14H22N2O2/c15-9-12(10-5-2-1-3-6-10)16-14(18)11-7-4-8-13(11)17/h10-13,17H,1-8H2,(H,16,18). The van der Waals surface area contributed by atoms with E-state index in [1.54, 1.807) is 0 Å². The summed E-state index contributed by atoms with van der Waals surface area (Å²) in [5.41, 5.74) is 0. The van der Waals surface area contributed by atoms with Crippen molar-refractivity contribution in [3.63, 3.8) is 0 Å². The second-order valence-corrected chi connectivity index (χ2v) is 5.62. The molecule has 4 heteroatoms. The highest BCUT2D eigenvalue weighted by molar-refractivity contribution is 5.80. The number of carbonyl (C=O) groups is 1. The van der Waals surface area contributed by atoms with E-state index in [9.17, 15) is 15.2 Å². The molecular weight excluding hydrogens is 228 g/mol. The van der Waals surface area contributed by atoms with Crippen molar-refractivity contribution in [2.45, 2.75) is 63.5 Å². The van der Waals surface area contributed by atoms with E-state index in [0.29, 0.717) is 12.3 Å². The van der Waals surface area contributed by atoms with Crippen LogP contribution in [0, 0.1) is 23.2 Å². The summed E-state index contributed by atoms with van der Waals surface area (Å²) in [6, 6.07) is 1.86. The van der Waals surface area contributed by atoms with Gasteiger partial charge in [0.05, 0.1) is 18.1 Å². The average molecular weight is 250 g/mol. The van der Waals surface area contributed by atoms with Crippen molar-refractivity contribution < 1.29 is 9.90 Å². The number of hydrogen-bond donors (Lipinski definition) is 2. The van der Waals surface area contributed by atoms with Crippen molar-refractivity contribution in [2.75, 3.05) is 0 Å². The van der Waals surface area contributed by atoms with Gasteiger partial charge in [0.1, 0.15) is 6.04 Å². The molecule has 0 aromatic carbocycles. The van der Waals surface area contributed by atoms with E-state index in [1.165, 1.54) is 6.42 Å². The minimum Gasteiger partial charge on any atom is -0.392 e. The molecule has 0 saturated heterocycles. The molecule has 0 radical (unpaired) electrons. The molecule has 0 spiro atoms. The van der Waals surface area contributed by atoms with Crippen LogP contribution in [0.4, 0.5) is 0 Å². The molecule has 18 heavy (non-hydrogen) atoms. The third-order valence-electron chi connectivity index (χ3n) is 4.37. The number of nitrogens with zero attached hydrogens (tertiary/aromatic N) is 1. The first kappa shape index (κ1) is 13.4. The van der Waals surface area contributed by atoms with Gasteiger partial charge in [0.2, 0.25) is 5.91 Å². The fraction of sp³-hybridized carbons (Fsp3) is 0.857. The smallest absolute Gasteiger partial charge is 0.226 e. The number of rotatable bonds is 3. The van der Waals surface area contributed by atoms with Crippen molar-refractivity contribution in [2.24, 2.45) is 11.8 Å². The molecule has 2 fully saturated rings. The Bertz CT molecular complexity index is 331. The first-order valence-corrected chi connectivity index (χ1v) is 7.10. The third-order valence-corrected chi connectivity index (χ3v) is 4.37. The molecule has 2 N–H and O–H groups in total. The summed E-state index contributed by atoms with van der Waals surface area (Å²) in [5, 5.41) is 21.8. The summed E-state index contributed by atoms with van der Waals surface area (Å²) in [5.74, 6) is -0.132. The molecule has 2 aliphatic carbocycles. The van der Waals surface area contributed by atoms with Gasteiger partial charge < -0.3 is 10.4 Å². The van der Waals surface area contributed by atoms with E-state index in [-0.39, 0.29) is 17.9 Å². The zero-order valence-corrected chi connectivity index (χ0v) is 10.8. The van der Waals surface area contributed by atoms with E-state index in [1.807, 2.05) is 0 Å².